The van der Waals surface area contributed by atoms with Crippen LogP contribution in [0.1, 0.15) is 30.7 Å². The van der Waals surface area contributed by atoms with Crippen LogP contribution < -0.4 is 16.2 Å². The molecule has 1 heterocycles. The first-order valence-corrected chi connectivity index (χ1v) is 9.21. The van der Waals surface area contributed by atoms with Crippen LogP contribution in [0.25, 0.3) is 10.2 Å². The van der Waals surface area contributed by atoms with Crippen molar-refractivity contribution in [2.75, 3.05) is 6.61 Å². The predicted molar refractivity (Wildman–Crippen MR) is 98.5 cm³/mol. The van der Waals surface area contributed by atoms with E-state index in [4.69, 9.17) is 17.0 Å². The molecular weight excluding hydrogens is 344 g/mol. The normalized spacial score (nSPS) is 14.7. The van der Waals surface area contributed by atoms with E-state index in [9.17, 15) is 4.79 Å². The molecule has 8 heteroatoms. The van der Waals surface area contributed by atoms with Gasteiger partial charge in [0.25, 0.3) is 5.91 Å². The van der Waals surface area contributed by atoms with Crippen molar-refractivity contribution in [1.29, 1.82) is 0 Å². The van der Waals surface area contributed by atoms with Gasteiger partial charge in [0.15, 0.2) is 5.11 Å². The van der Waals surface area contributed by atoms with Gasteiger partial charge in [0.1, 0.15) is 11.6 Å². The average molecular weight is 364 g/mol. The highest BCUT2D eigenvalue weighted by Crippen LogP contribution is 2.21. The predicted octanol–water partition coefficient (Wildman–Crippen LogP) is 2.25. The number of para-hydroxylation sites is 1. The average Bonchev–Trinajstić information content (AvgIpc) is 3.21. The molecule has 0 unspecified atom stereocenters. The van der Waals surface area contributed by atoms with Gasteiger partial charge in [0.2, 0.25) is 0 Å². The van der Waals surface area contributed by atoms with E-state index < -0.39 is 0 Å². The molecule has 2 aromatic rings. The summed E-state index contributed by atoms with van der Waals surface area (Å²) < 4.78 is 6.53. The third kappa shape index (κ3) is 4.86. The van der Waals surface area contributed by atoms with Gasteiger partial charge in [-0.05, 0) is 37.2 Å². The summed E-state index contributed by atoms with van der Waals surface area (Å²) in [5, 5.41) is 4.49. The van der Waals surface area contributed by atoms with Crippen LogP contribution in [0.4, 0.5) is 0 Å². The molecule has 1 aliphatic carbocycles. The lowest BCUT2D eigenvalue weighted by Gasteiger charge is -2.16. The Balaban J connectivity index is 1.34. The maximum Gasteiger partial charge on any atom is 0.264 e. The summed E-state index contributed by atoms with van der Waals surface area (Å²) in [6.45, 7) is 0.270. The zero-order valence-corrected chi connectivity index (χ0v) is 14.8. The standard InChI is InChI=1S/C16H20N4O2S2/c21-14(19-20-16(23)17-11-5-1-2-6-11)9-22-10-15-18-12-7-3-4-8-13(12)24-15/h3-4,7-8,11H,1-2,5-6,9-10H2,(H,19,21)(H2,17,20,23). The maximum atomic E-state index is 11.7. The maximum absolute atomic E-state index is 11.7. The number of rotatable bonds is 5. The Morgan fingerprint density at radius 1 is 1.29 bits per heavy atom. The zero-order chi connectivity index (χ0) is 16.8. The number of amides is 1. The second-order valence-corrected chi connectivity index (χ2v) is 7.22. The summed E-state index contributed by atoms with van der Waals surface area (Å²) >= 11 is 6.72. The van der Waals surface area contributed by atoms with Gasteiger partial charge in [0.05, 0.1) is 16.8 Å². The van der Waals surface area contributed by atoms with Gasteiger partial charge in [-0.15, -0.1) is 11.3 Å². The first kappa shape index (κ1) is 17.1. The number of hydrogen-bond acceptors (Lipinski definition) is 5. The molecule has 0 saturated heterocycles. The van der Waals surface area contributed by atoms with Crippen molar-refractivity contribution in [2.24, 2.45) is 0 Å². The Morgan fingerprint density at radius 2 is 2.08 bits per heavy atom. The first-order chi connectivity index (χ1) is 11.7. The summed E-state index contributed by atoms with van der Waals surface area (Å²) in [5.74, 6) is -0.272. The van der Waals surface area contributed by atoms with Crippen molar-refractivity contribution in [3.63, 3.8) is 0 Å². The van der Waals surface area contributed by atoms with E-state index in [0.717, 1.165) is 28.1 Å². The Bertz CT molecular complexity index is 680. The van der Waals surface area contributed by atoms with Crippen LogP contribution in [0, 0.1) is 0 Å². The van der Waals surface area contributed by atoms with Gasteiger partial charge < -0.3 is 10.1 Å². The van der Waals surface area contributed by atoms with Crippen LogP contribution in [0.3, 0.4) is 0 Å². The second-order valence-electron chi connectivity index (χ2n) is 5.70. The smallest absolute Gasteiger partial charge is 0.264 e. The first-order valence-electron chi connectivity index (χ1n) is 7.98. The lowest BCUT2D eigenvalue weighted by Crippen LogP contribution is -2.50. The summed E-state index contributed by atoms with van der Waals surface area (Å²) in [6.07, 6.45) is 4.71. The molecular formula is C16H20N4O2S2. The monoisotopic (exact) mass is 364 g/mol. The fourth-order valence-corrected chi connectivity index (χ4v) is 3.79. The molecule has 0 atom stereocenters. The highest BCUT2D eigenvalue weighted by Gasteiger charge is 2.15. The van der Waals surface area contributed by atoms with Crippen LogP contribution in [0.5, 0.6) is 0 Å². The number of carbonyl (C=O) groups excluding carboxylic acids is 1. The number of benzene rings is 1. The summed E-state index contributed by atoms with van der Waals surface area (Å²) in [6, 6.07) is 8.33. The van der Waals surface area contributed by atoms with E-state index in [1.165, 1.54) is 12.8 Å². The number of thiocarbonyl (C=S) groups is 1. The minimum atomic E-state index is -0.272. The Hall–Kier alpha value is -1.77. The van der Waals surface area contributed by atoms with E-state index in [1.54, 1.807) is 11.3 Å². The number of thiazole rings is 1. The Kier molecular flexibility index (Phi) is 5.95. The van der Waals surface area contributed by atoms with E-state index >= 15 is 0 Å². The third-order valence-corrected chi connectivity index (χ3v) is 5.03. The topological polar surface area (TPSA) is 75.3 Å². The number of nitrogens with zero attached hydrogens (tertiary/aromatic N) is 1. The second kappa shape index (κ2) is 8.36. The zero-order valence-electron chi connectivity index (χ0n) is 13.2. The molecule has 0 spiro atoms. The number of hydrazine groups is 1. The van der Waals surface area contributed by atoms with Crippen molar-refractivity contribution in [3.05, 3.63) is 29.3 Å². The molecule has 1 amide bonds. The van der Waals surface area contributed by atoms with Crippen molar-refractivity contribution in [1.82, 2.24) is 21.2 Å². The summed E-state index contributed by atoms with van der Waals surface area (Å²) in [7, 11) is 0. The molecule has 1 aliphatic rings. The van der Waals surface area contributed by atoms with E-state index in [1.807, 2.05) is 24.3 Å². The van der Waals surface area contributed by atoms with Crippen LogP contribution in [0.15, 0.2) is 24.3 Å². The quantitative estimate of drug-likeness (QED) is 0.558. The van der Waals surface area contributed by atoms with Crippen LogP contribution in [0.2, 0.25) is 0 Å². The van der Waals surface area contributed by atoms with Gasteiger partial charge >= 0.3 is 0 Å². The highest BCUT2D eigenvalue weighted by atomic mass is 32.1. The lowest BCUT2D eigenvalue weighted by atomic mass is 10.3. The number of fused-ring (bicyclic) bond motifs is 1. The number of aromatic nitrogens is 1. The van der Waals surface area contributed by atoms with E-state index in [-0.39, 0.29) is 12.5 Å². The van der Waals surface area contributed by atoms with Gasteiger partial charge in [-0.1, -0.05) is 25.0 Å². The number of carbonyl (C=O) groups is 1. The van der Waals surface area contributed by atoms with E-state index in [2.05, 4.69) is 21.2 Å². The van der Waals surface area contributed by atoms with Crippen molar-refractivity contribution in [2.45, 2.75) is 38.3 Å². The third-order valence-electron chi connectivity index (χ3n) is 3.80. The molecule has 1 fully saturated rings. The Labute approximate surface area is 150 Å². The van der Waals surface area contributed by atoms with Gasteiger partial charge in [-0.25, -0.2) is 4.98 Å². The summed E-state index contributed by atoms with van der Waals surface area (Å²) in [4.78, 5) is 16.2. The molecule has 0 aliphatic heterocycles. The molecule has 1 aromatic carbocycles. The molecule has 6 nitrogen and oxygen atoms in total. The SMILES string of the molecule is O=C(COCc1nc2ccccc2s1)NNC(=S)NC1CCCC1. The molecule has 128 valence electrons. The minimum absolute atomic E-state index is 0.0467. The minimum Gasteiger partial charge on any atom is -0.364 e. The number of nitrogens with one attached hydrogen (secondary N) is 3. The highest BCUT2D eigenvalue weighted by molar-refractivity contribution is 7.80. The lowest BCUT2D eigenvalue weighted by molar-refractivity contribution is -0.126. The number of ether oxygens (including phenoxy) is 1. The van der Waals surface area contributed by atoms with Crippen LogP contribution in [-0.2, 0) is 16.1 Å². The van der Waals surface area contributed by atoms with Crippen LogP contribution >= 0.6 is 23.6 Å². The van der Waals surface area contributed by atoms with Gasteiger partial charge in [-0.2, -0.15) is 0 Å². The van der Waals surface area contributed by atoms with E-state index in [0.29, 0.717) is 17.8 Å². The van der Waals surface area contributed by atoms with Crippen LogP contribution in [-0.4, -0.2) is 28.7 Å². The molecule has 0 radical (unpaired) electrons. The fraction of sp³-hybridized carbons (Fsp3) is 0.438. The largest absolute Gasteiger partial charge is 0.364 e. The van der Waals surface area contributed by atoms with Crippen molar-refractivity contribution >= 4 is 44.8 Å². The molecule has 1 aromatic heterocycles. The van der Waals surface area contributed by atoms with Gasteiger partial charge in [-0.3, -0.25) is 15.6 Å². The fourth-order valence-electron chi connectivity index (χ4n) is 2.67. The van der Waals surface area contributed by atoms with Crippen molar-refractivity contribution < 1.29 is 9.53 Å². The molecule has 0 bridgehead atoms. The molecule has 3 N–H and O–H groups in total. The Morgan fingerprint density at radius 3 is 2.88 bits per heavy atom. The molecule has 24 heavy (non-hydrogen) atoms. The molecule has 1 saturated carbocycles. The summed E-state index contributed by atoms with van der Waals surface area (Å²) in [5.41, 5.74) is 6.20. The molecule has 3 rings (SSSR count). The van der Waals surface area contributed by atoms with Gasteiger partial charge in [0, 0.05) is 6.04 Å². The van der Waals surface area contributed by atoms with Crippen molar-refractivity contribution in [3.8, 4) is 0 Å². The number of hydrogen-bond donors (Lipinski definition) is 3.